The van der Waals surface area contributed by atoms with E-state index in [-0.39, 0.29) is 0 Å². The van der Waals surface area contributed by atoms with E-state index in [1.165, 1.54) is 18.4 Å². The van der Waals surface area contributed by atoms with Gasteiger partial charge < -0.3 is 10.5 Å². The van der Waals surface area contributed by atoms with E-state index in [9.17, 15) is 0 Å². The minimum atomic E-state index is 0.439. The van der Waals surface area contributed by atoms with Gasteiger partial charge in [0.15, 0.2) is 0 Å². The fraction of sp³-hybridized carbons (Fsp3) is 0.625. The quantitative estimate of drug-likeness (QED) is 0.855. The smallest absolute Gasteiger partial charge is 0.0469 e. The molecule has 3 heteroatoms. The lowest BCUT2D eigenvalue weighted by Gasteiger charge is -2.33. The first-order valence-corrected chi connectivity index (χ1v) is 7.34. The number of rotatable bonds is 6. The second-order valence-electron chi connectivity index (χ2n) is 5.50. The van der Waals surface area contributed by atoms with Crippen LogP contribution in [-0.2, 0) is 4.74 Å². The molecule has 1 saturated heterocycles. The van der Waals surface area contributed by atoms with E-state index in [1.807, 2.05) is 0 Å². The summed E-state index contributed by atoms with van der Waals surface area (Å²) in [7, 11) is 2.22. The van der Waals surface area contributed by atoms with Crippen LogP contribution < -0.4 is 5.73 Å². The number of nitrogens with zero attached hydrogens (tertiary/aromatic N) is 1. The molecule has 1 aliphatic heterocycles. The molecule has 1 aromatic rings. The highest BCUT2D eigenvalue weighted by Gasteiger charge is 2.21. The molecule has 1 heterocycles. The molecule has 0 saturated carbocycles. The second-order valence-corrected chi connectivity index (χ2v) is 5.50. The van der Waals surface area contributed by atoms with Crippen LogP contribution in [0.15, 0.2) is 30.3 Å². The van der Waals surface area contributed by atoms with Crippen molar-refractivity contribution in [3.63, 3.8) is 0 Å². The first kappa shape index (κ1) is 14.5. The average molecular weight is 262 g/mol. The maximum absolute atomic E-state index is 5.79. The third kappa shape index (κ3) is 4.30. The molecule has 0 bridgehead atoms. The third-order valence-electron chi connectivity index (χ3n) is 4.04. The van der Waals surface area contributed by atoms with E-state index >= 15 is 0 Å². The first-order valence-electron chi connectivity index (χ1n) is 7.34. The molecule has 0 radical (unpaired) electrons. The van der Waals surface area contributed by atoms with E-state index in [0.717, 1.165) is 38.6 Å². The molecule has 2 rings (SSSR count). The van der Waals surface area contributed by atoms with E-state index in [1.54, 1.807) is 0 Å². The number of hydrogen-bond acceptors (Lipinski definition) is 3. The van der Waals surface area contributed by atoms with Crippen LogP contribution in [0.5, 0.6) is 0 Å². The molecule has 106 valence electrons. The van der Waals surface area contributed by atoms with Gasteiger partial charge in [-0.25, -0.2) is 0 Å². The summed E-state index contributed by atoms with van der Waals surface area (Å²) >= 11 is 0. The molecule has 0 amide bonds. The van der Waals surface area contributed by atoms with Crippen molar-refractivity contribution < 1.29 is 4.74 Å². The summed E-state index contributed by atoms with van der Waals surface area (Å²) in [6.07, 6.45) is 3.40. The molecule has 0 aliphatic carbocycles. The van der Waals surface area contributed by atoms with Crippen molar-refractivity contribution in [2.45, 2.75) is 25.3 Å². The Balaban J connectivity index is 1.97. The zero-order valence-corrected chi connectivity index (χ0v) is 11.9. The Labute approximate surface area is 116 Å². The second kappa shape index (κ2) is 7.63. The van der Waals surface area contributed by atoms with Crippen molar-refractivity contribution in [3.05, 3.63) is 35.9 Å². The summed E-state index contributed by atoms with van der Waals surface area (Å²) in [5, 5.41) is 0. The van der Waals surface area contributed by atoms with E-state index < -0.39 is 0 Å². The molecule has 1 fully saturated rings. The van der Waals surface area contributed by atoms with Crippen LogP contribution in [0, 0.1) is 5.92 Å². The van der Waals surface area contributed by atoms with Crippen LogP contribution in [0.2, 0.25) is 0 Å². The van der Waals surface area contributed by atoms with Crippen LogP contribution in [0.4, 0.5) is 0 Å². The molecule has 0 spiro atoms. The van der Waals surface area contributed by atoms with Crippen LogP contribution in [0.25, 0.3) is 0 Å². The first-order chi connectivity index (χ1) is 9.31. The summed E-state index contributed by atoms with van der Waals surface area (Å²) in [6, 6.07) is 11.2. The average Bonchev–Trinajstić information content (AvgIpc) is 2.46. The van der Waals surface area contributed by atoms with Crippen molar-refractivity contribution in [2.75, 3.05) is 33.4 Å². The monoisotopic (exact) mass is 262 g/mol. The minimum Gasteiger partial charge on any atom is -0.381 e. The lowest BCUT2D eigenvalue weighted by molar-refractivity contribution is 0.0497. The number of ether oxygens (including phenoxy) is 1. The van der Waals surface area contributed by atoms with Gasteiger partial charge in [0.25, 0.3) is 0 Å². The van der Waals surface area contributed by atoms with Gasteiger partial charge in [0.2, 0.25) is 0 Å². The Kier molecular flexibility index (Phi) is 5.83. The van der Waals surface area contributed by atoms with Crippen molar-refractivity contribution in [1.82, 2.24) is 4.90 Å². The van der Waals surface area contributed by atoms with Crippen LogP contribution in [0.3, 0.4) is 0 Å². The zero-order valence-electron chi connectivity index (χ0n) is 11.9. The Bertz CT molecular complexity index is 349. The van der Waals surface area contributed by atoms with Crippen LogP contribution >= 0.6 is 0 Å². The largest absolute Gasteiger partial charge is 0.381 e. The minimum absolute atomic E-state index is 0.439. The maximum atomic E-state index is 5.79. The Morgan fingerprint density at radius 3 is 2.58 bits per heavy atom. The topological polar surface area (TPSA) is 38.5 Å². The SMILES string of the molecule is CN(CC1CCOCC1)C(CCN)c1ccccc1. The van der Waals surface area contributed by atoms with Gasteiger partial charge in [0.1, 0.15) is 0 Å². The van der Waals surface area contributed by atoms with Crippen molar-refractivity contribution in [1.29, 1.82) is 0 Å². The predicted molar refractivity (Wildman–Crippen MR) is 79.0 cm³/mol. The normalized spacial score (nSPS) is 18.7. The number of benzene rings is 1. The summed E-state index contributed by atoms with van der Waals surface area (Å²) in [5.41, 5.74) is 7.17. The van der Waals surface area contributed by atoms with Gasteiger partial charge in [-0.15, -0.1) is 0 Å². The van der Waals surface area contributed by atoms with Gasteiger partial charge in [-0.2, -0.15) is 0 Å². The van der Waals surface area contributed by atoms with Crippen molar-refractivity contribution in [3.8, 4) is 0 Å². The Morgan fingerprint density at radius 1 is 1.26 bits per heavy atom. The van der Waals surface area contributed by atoms with Crippen molar-refractivity contribution >= 4 is 0 Å². The molecule has 1 aromatic carbocycles. The number of hydrogen-bond donors (Lipinski definition) is 1. The molecule has 1 aliphatic rings. The van der Waals surface area contributed by atoms with E-state index in [2.05, 4.69) is 42.3 Å². The molecular weight excluding hydrogens is 236 g/mol. The fourth-order valence-corrected chi connectivity index (χ4v) is 2.94. The van der Waals surface area contributed by atoms with E-state index in [4.69, 9.17) is 10.5 Å². The molecule has 19 heavy (non-hydrogen) atoms. The number of nitrogens with two attached hydrogens (primary N) is 1. The van der Waals surface area contributed by atoms with Gasteiger partial charge in [-0.1, -0.05) is 30.3 Å². The summed E-state index contributed by atoms with van der Waals surface area (Å²) < 4.78 is 5.44. The van der Waals surface area contributed by atoms with E-state index in [0.29, 0.717) is 6.04 Å². The Morgan fingerprint density at radius 2 is 1.95 bits per heavy atom. The zero-order chi connectivity index (χ0) is 13.5. The van der Waals surface area contributed by atoms with Gasteiger partial charge >= 0.3 is 0 Å². The molecule has 3 nitrogen and oxygen atoms in total. The fourth-order valence-electron chi connectivity index (χ4n) is 2.94. The lowest BCUT2D eigenvalue weighted by atomic mass is 9.96. The molecular formula is C16H26N2O. The van der Waals surface area contributed by atoms with Gasteiger partial charge in [-0.3, -0.25) is 4.90 Å². The lowest BCUT2D eigenvalue weighted by Crippen LogP contribution is -2.33. The highest BCUT2D eigenvalue weighted by Crippen LogP contribution is 2.25. The van der Waals surface area contributed by atoms with Crippen LogP contribution in [0.1, 0.15) is 30.9 Å². The highest BCUT2D eigenvalue weighted by molar-refractivity contribution is 5.19. The predicted octanol–water partition coefficient (Wildman–Crippen LogP) is 2.43. The molecule has 1 atom stereocenters. The summed E-state index contributed by atoms with van der Waals surface area (Å²) in [6.45, 7) is 3.72. The summed E-state index contributed by atoms with van der Waals surface area (Å²) in [5.74, 6) is 0.766. The molecule has 1 unspecified atom stereocenters. The highest BCUT2D eigenvalue weighted by atomic mass is 16.5. The Hall–Kier alpha value is -0.900. The summed E-state index contributed by atoms with van der Waals surface area (Å²) in [4.78, 5) is 2.47. The maximum Gasteiger partial charge on any atom is 0.0469 e. The molecule has 0 aromatic heterocycles. The van der Waals surface area contributed by atoms with Crippen LogP contribution in [-0.4, -0.2) is 38.3 Å². The van der Waals surface area contributed by atoms with Gasteiger partial charge in [0, 0.05) is 25.8 Å². The van der Waals surface area contributed by atoms with Gasteiger partial charge in [-0.05, 0) is 44.3 Å². The van der Waals surface area contributed by atoms with Gasteiger partial charge in [0.05, 0.1) is 0 Å². The standard InChI is InChI=1S/C16H26N2O/c1-18(13-14-8-11-19-12-9-14)16(7-10-17)15-5-3-2-4-6-15/h2-6,14,16H,7-13,17H2,1H3. The van der Waals surface area contributed by atoms with Crippen molar-refractivity contribution in [2.24, 2.45) is 11.7 Å². The molecule has 2 N–H and O–H groups in total. The third-order valence-corrected chi connectivity index (χ3v) is 4.04.